The molecule has 2 N–H and O–H groups in total. The zero-order valence-electron chi connectivity index (χ0n) is 12.1. The van der Waals surface area contributed by atoms with Gasteiger partial charge in [0.25, 0.3) is 11.8 Å². The topological polar surface area (TPSA) is 93.5 Å². The number of halogens is 2. The van der Waals surface area contributed by atoms with Gasteiger partial charge in [-0.05, 0) is 29.8 Å². The van der Waals surface area contributed by atoms with Crippen molar-refractivity contribution in [3.05, 3.63) is 45.6 Å². The second-order valence-electron chi connectivity index (χ2n) is 4.54. The molecule has 0 unspecified atom stereocenters. The van der Waals surface area contributed by atoms with Crippen molar-refractivity contribution in [2.75, 3.05) is 6.61 Å². The highest BCUT2D eigenvalue weighted by molar-refractivity contribution is 6.36. The molecule has 0 atom stereocenters. The van der Waals surface area contributed by atoms with Gasteiger partial charge in [0.15, 0.2) is 6.61 Å². The maximum absolute atomic E-state index is 11.8. The first-order valence-corrected chi connectivity index (χ1v) is 7.28. The van der Waals surface area contributed by atoms with Crippen LogP contribution in [0.2, 0.25) is 10.0 Å². The van der Waals surface area contributed by atoms with Crippen molar-refractivity contribution in [1.82, 2.24) is 16.0 Å². The molecular formula is C14H13Cl2N3O4. The van der Waals surface area contributed by atoms with Crippen molar-refractivity contribution >= 4 is 35.0 Å². The molecule has 0 aliphatic rings. The van der Waals surface area contributed by atoms with Crippen LogP contribution in [0.4, 0.5) is 0 Å². The summed E-state index contributed by atoms with van der Waals surface area (Å²) in [7, 11) is 0. The quantitative estimate of drug-likeness (QED) is 0.798. The number of hydrogen-bond donors (Lipinski definition) is 2. The molecule has 122 valence electrons. The molecule has 0 saturated heterocycles. The molecule has 0 spiro atoms. The van der Waals surface area contributed by atoms with E-state index in [9.17, 15) is 9.59 Å². The minimum atomic E-state index is -0.552. The molecule has 7 nitrogen and oxygen atoms in total. The lowest BCUT2D eigenvalue weighted by Crippen LogP contribution is -2.44. The van der Waals surface area contributed by atoms with E-state index in [0.717, 1.165) is 0 Å². The standard InChI is InChI=1S/C14H13Cl2N3O4/c1-8-5-14(19-23-8)22-7-13(21)18-17-12(20)6-9-10(15)3-2-4-11(9)16/h2-5H,6-7H2,1H3,(H,17,20)(H,18,21). The molecule has 0 fully saturated rings. The van der Waals surface area contributed by atoms with Gasteiger partial charge in [-0.2, -0.15) is 0 Å². The Balaban J connectivity index is 1.76. The normalized spacial score (nSPS) is 10.2. The third-order valence-electron chi connectivity index (χ3n) is 2.70. The Morgan fingerprint density at radius 1 is 1.22 bits per heavy atom. The number of rotatable bonds is 5. The SMILES string of the molecule is Cc1cc(OCC(=O)NNC(=O)Cc2c(Cl)cccc2Cl)no1. The number of hydrazine groups is 1. The zero-order valence-corrected chi connectivity index (χ0v) is 13.6. The van der Waals surface area contributed by atoms with Crippen molar-refractivity contribution in [2.24, 2.45) is 0 Å². The van der Waals surface area contributed by atoms with Crippen LogP contribution >= 0.6 is 23.2 Å². The fraction of sp³-hybridized carbons (Fsp3) is 0.214. The van der Waals surface area contributed by atoms with Gasteiger partial charge in [0.1, 0.15) is 5.76 Å². The first-order valence-electron chi connectivity index (χ1n) is 6.52. The Morgan fingerprint density at radius 3 is 2.48 bits per heavy atom. The molecule has 1 heterocycles. The summed E-state index contributed by atoms with van der Waals surface area (Å²) in [4.78, 5) is 23.3. The van der Waals surface area contributed by atoms with Gasteiger partial charge in [0, 0.05) is 16.1 Å². The third-order valence-corrected chi connectivity index (χ3v) is 3.41. The van der Waals surface area contributed by atoms with Crippen LogP contribution in [-0.4, -0.2) is 23.6 Å². The van der Waals surface area contributed by atoms with Crippen molar-refractivity contribution in [2.45, 2.75) is 13.3 Å². The van der Waals surface area contributed by atoms with Crippen LogP contribution in [0.1, 0.15) is 11.3 Å². The molecule has 0 aliphatic carbocycles. The van der Waals surface area contributed by atoms with E-state index in [1.54, 1.807) is 25.1 Å². The van der Waals surface area contributed by atoms with Crippen molar-refractivity contribution in [3.63, 3.8) is 0 Å². The summed E-state index contributed by atoms with van der Waals surface area (Å²) in [5.74, 6) is -0.271. The molecule has 2 aromatic rings. The van der Waals surface area contributed by atoms with Crippen molar-refractivity contribution in [3.8, 4) is 5.88 Å². The fourth-order valence-corrected chi connectivity index (χ4v) is 2.16. The van der Waals surface area contributed by atoms with Gasteiger partial charge in [0.05, 0.1) is 6.42 Å². The fourth-order valence-electron chi connectivity index (χ4n) is 1.63. The lowest BCUT2D eigenvalue weighted by Gasteiger charge is -2.09. The summed E-state index contributed by atoms with van der Waals surface area (Å²) >= 11 is 11.9. The number of ether oxygens (including phenoxy) is 1. The second-order valence-corrected chi connectivity index (χ2v) is 5.35. The first kappa shape index (κ1) is 17.1. The molecule has 0 bridgehead atoms. The Labute approximate surface area is 141 Å². The van der Waals surface area contributed by atoms with E-state index < -0.39 is 11.8 Å². The number of nitrogens with zero attached hydrogens (tertiary/aromatic N) is 1. The Bertz CT molecular complexity index is 698. The average Bonchev–Trinajstić information content (AvgIpc) is 2.92. The smallest absolute Gasteiger partial charge is 0.276 e. The van der Waals surface area contributed by atoms with Crippen LogP contribution in [0.15, 0.2) is 28.8 Å². The van der Waals surface area contributed by atoms with Gasteiger partial charge in [-0.3, -0.25) is 20.4 Å². The summed E-state index contributed by atoms with van der Waals surface area (Å²) in [6.45, 7) is 1.37. The van der Waals surface area contributed by atoms with E-state index in [-0.39, 0.29) is 18.9 Å². The van der Waals surface area contributed by atoms with Crippen LogP contribution in [0.25, 0.3) is 0 Å². The van der Waals surface area contributed by atoms with E-state index in [2.05, 4.69) is 16.0 Å². The Morgan fingerprint density at radius 2 is 1.87 bits per heavy atom. The highest BCUT2D eigenvalue weighted by Gasteiger charge is 2.12. The first-order chi connectivity index (χ1) is 11.0. The van der Waals surface area contributed by atoms with Crippen LogP contribution in [0.3, 0.4) is 0 Å². The third kappa shape index (κ3) is 5.15. The number of hydrogen-bond acceptors (Lipinski definition) is 5. The van der Waals surface area contributed by atoms with Crippen molar-refractivity contribution in [1.29, 1.82) is 0 Å². The van der Waals surface area contributed by atoms with E-state index in [4.69, 9.17) is 32.5 Å². The average molecular weight is 358 g/mol. The molecule has 0 aliphatic heterocycles. The highest BCUT2D eigenvalue weighted by Crippen LogP contribution is 2.24. The minimum Gasteiger partial charge on any atom is -0.465 e. The van der Waals surface area contributed by atoms with Crippen LogP contribution < -0.4 is 15.6 Å². The van der Waals surface area contributed by atoms with Gasteiger partial charge >= 0.3 is 0 Å². The molecule has 9 heteroatoms. The molecule has 2 amide bonds. The molecule has 0 saturated carbocycles. The molecule has 2 rings (SSSR count). The predicted octanol–water partition coefficient (Wildman–Crippen LogP) is 2.06. The number of aryl methyl sites for hydroxylation is 1. The van der Waals surface area contributed by atoms with Gasteiger partial charge in [0.2, 0.25) is 5.91 Å². The highest BCUT2D eigenvalue weighted by atomic mass is 35.5. The van der Waals surface area contributed by atoms with E-state index in [1.807, 2.05) is 0 Å². The predicted molar refractivity (Wildman–Crippen MR) is 83.2 cm³/mol. The monoisotopic (exact) mass is 357 g/mol. The number of aromatic nitrogens is 1. The zero-order chi connectivity index (χ0) is 16.8. The minimum absolute atomic E-state index is 0.0673. The second kappa shape index (κ2) is 7.85. The van der Waals surface area contributed by atoms with Gasteiger partial charge < -0.3 is 9.26 Å². The molecule has 1 aromatic heterocycles. The largest absolute Gasteiger partial charge is 0.465 e. The summed E-state index contributed by atoms with van der Waals surface area (Å²) < 4.78 is 9.85. The maximum Gasteiger partial charge on any atom is 0.276 e. The number of carbonyl (C=O) groups is 2. The van der Waals surface area contributed by atoms with Crippen LogP contribution in [-0.2, 0) is 16.0 Å². The van der Waals surface area contributed by atoms with Gasteiger partial charge in [-0.15, -0.1) is 0 Å². The van der Waals surface area contributed by atoms with Gasteiger partial charge in [-0.1, -0.05) is 29.3 Å². The lowest BCUT2D eigenvalue weighted by atomic mass is 10.1. The molecule has 23 heavy (non-hydrogen) atoms. The number of nitrogens with one attached hydrogen (secondary N) is 2. The summed E-state index contributed by atoms with van der Waals surface area (Å²) in [5, 5.41) is 4.32. The molecule has 1 aromatic carbocycles. The summed E-state index contributed by atoms with van der Waals surface area (Å²) in [6.07, 6.45) is -0.0673. The molecular weight excluding hydrogens is 345 g/mol. The lowest BCUT2D eigenvalue weighted by molar-refractivity contribution is -0.129. The maximum atomic E-state index is 11.8. The number of benzene rings is 1. The van der Waals surface area contributed by atoms with Gasteiger partial charge in [-0.25, -0.2) is 0 Å². The summed E-state index contributed by atoms with van der Waals surface area (Å²) in [6, 6.07) is 6.47. The summed E-state index contributed by atoms with van der Waals surface area (Å²) in [5.41, 5.74) is 4.94. The number of carbonyl (C=O) groups excluding carboxylic acids is 2. The number of amides is 2. The Kier molecular flexibility index (Phi) is 5.84. The van der Waals surface area contributed by atoms with Crippen LogP contribution in [0, 0.1) is 6.92 Å². The van der Waals surface area contributed by atoms with Crippen LogP contribution in [0.5, 0.6) is 5.88 Å². The van der Waals surface area contributed by atoms with E-state index >= 15 is 0 Å². The van der Waals surface area contributed by atoms with E-state index in [1.165, 1.54) is 6.07 Å². The molecule has 0 radical (unpaired) electrons. The van der Waals surface area contributed by atoms with E-state index in [0.29, 0.717) is 21.4 Å². The van der Waals surface area contributed by atoms with Crippen molar-refractivity contribution < 1.29 is 18.8 Å². The Hall–Kier alpha value is -2.25.